The number of aromatic nitrogens is 1. The first-order valence-electron chi connectivity index (χ1n) is 5.25. The lowest BCUT2D eigenvalue weighted by atomic mass is 10.1. The number of pyridine rings is 1. The highest BCUT2D eigenvalue weighted by Gasteiger charge is 2.18. The van der Waals surface area contributed by atoms with E-state index in [4.69, 9.17) is 11.6 Å². The first kappa shape index (κ1) is 11.2. The molecule has 0 spiro atoms. The zero-order chi connectivity index (χ0) is 11.7. The number of nitrogens with one attached hydrogen (secondary N) is 1. The summed E-state index contributed by atoms with van der Waals surface area (Å²) in [5, 5.41) is 3.15. The number of hydrogen-bond acceptors (Lipinski definition) is 2. The van der Waals surface area contributed by atoms with Gasteiger partial charge in [-0.3, -0.25) is 9.59 Å². The summed E-state index contributed by atoms with van der Waals surface area (Å²) in [5.74, 6) is -0.133. The monoisotopic (exact) mass is 240 g/mol. The van der Waals surface area contributed by atoms with Crippen molar-refractivity contribution in [2.45, 2.75) is 32.9 Å². The Morgan fingerprint density at radius 2 is 2.38 bits per heavy atom. The maximum absolute atomic E-state index is 11.8. The molecule has 2 heterocycles. The topological polar surface area (TPSA) is 51.1 Å². The minimum absolute atomic E-state index is 0.0908. The Balaban J connectivity index is 2.41. The minimum Gasteiger partial charge on any atom is -0.352 e. The van der Waals surface area contributed by atoms with Crippen molar-refractivity contribution in [1.29, 1.82) is 0 Å². The molecule has 0 saturated carbocycles. The maximum atomic E-state index is 11.8. The highest BCUT2D eigenvalue weighted by molar-refractivity contribution is 6.29. The molecule has 0 atom stereocenters. The smallest absolute Gasteiger partial charge is 0.217 e. The third-order valence-corrected chi connectivity index (χ3v) is 3.10. The molecule has 1 amide bonds. The van der Waals surface area contributed by atoms with E-state index in [2.05, 4.69) is 5.32 Å². The Morgan fingerprint density at radius 3 is 3.06 bits per heavy atom. The third kappa shape index (κ3) is 1.97. The molecular formula is C11H13ClN2O2. The average molecular weight is 241 g/mol. The molecule has 0 aliphatic carbocycles. The summed E-state index contributed by atoms with van der Waals surface area (Å²) in [5.41, 5.74) is 1.54. The van der Waals surface area contributed by atoms with Gasteiger partial charge < -0.3 is 9.88 Å². The van der Waals surface area contributed by atoms with Gasteiger partial charge in [-0.05, 0) is 12.8 Å². The number of nitrogens with zero attached hydrogens (tertiary/aromatic N) is 1. The quantitative estimate of drug-likeness (QED) is 0.787. The fraction of sp³-hybridized carbons (Fsp3) is 0.455. The van der Waals surface area contributed by atoms with Crippen LogP contribution in [0.4, 0.5) is 0 Å². The van der Waals surface area contributed by atoms with E-state index in [9.17, 15) is 9.59 Å². The zero-order valence-corrected chi connectivity index (χ0v) is 9.80. The largest absolute Gasteiger partial charge is 0.352 e. The Kier molecular flexibility index (Phi) is 3.01. The van der Waals surface area contributed by atoms with E-state index >= 15 is 0 Å². The summed E-state index contributed by atoms with van der Waals surface area (Å²) in [6.45, 7) is 2.58. The van der Waals surface area contributed by atoms with Gasteiger partial charge in [-0.2, -0.15) is 0 Å². The molecule has 0 unspecified atom stereocenters. The van der Waals surface area contributed by atoms with Crippen molar-refractivity contribution in [3.05, 3.63) is 32.7 Å². The van der Waals surface area contributed by atoms with E-state index in [1.807, 2.05) is 4.57 Å². The highest BCUT2D eigenvalue weighted by Crippen LogP contribution is 2.21. The molecular weight excluding hydrogens is 228 g/mol. The summed E-state index contributed by atoms with van der Waals surface area (Å²) in [6, 6.07) is 1.42. The molecule has 1 aliphatic heterocycles. The molecule has 0 fully saturated rings. The van der Waals surface area contributed by atoms with Gasteiger partial charge in [-0.25, -0.2) is 0 Å². The van der Waals surface area contributed by atoms with E-state index in [0.29, 0.717) is 17.3 Å². The van der Waals surface area contributed by atoms with Crippen molar-refractivity contribution < 1.29 is 4.79 Å². The van der Waals surface area contributed by atoms with Crippen LogP contribution >= 0.6 is 11.6 Å². The van der Waals surface area contributed by atoms with Crippen molar-refractivity contribution in [1.82, 2.24) is 9.88 Å². The molecule has 1 aromatic rings. The highest BCUT2D eigenvalue weighted by atomic mass is 35.5. The van der Waals surface area contributed by atoms with Crippen LogP contribution in [0.15, 0.2) is 10.9 Å². The van der Waals surface area contributed by atoms with Gasteiger partial charge in [0, 0.05) is 37.3 Å². The summed E-state index contributed by atoms with van der Waals surface area (Å²) in [7, 11) is 0. The molecule has 0 bridgehead atoms. The van der Waals surface area contributed by atoms with Crippen LogP contribution in [0.1, 0.15) is 24.6 Å². The lowest BCUT2D eigenvalue weighted by Gasteiger charge is -2.11. The number of amides is 1. The zero-order valence-electron chi connectivity index (χ0n) is 9.05. The molecule has 5 heteroatoms. The van der Waals surface area contributed by atoms with Crippen molar-refractivity contribution >= 4 is 17.5 Å². The molecule has 1 N–H and O–H groups in total. The van der Waals surface area contributed by atoms with Gasteiger partial charge in [0.15, 0.2) is 5.43 Å². The molecule has 1 aromatic heterocycles. The minimum atomic E-state index is -0.133. The summed E-state index contributed by atoms with van der Waals surface area (Å²) < 4.78 is 1.94. The van der Waals surface area contributed by atoms with Gasteiger partial charge in [-0.15, -0.1) is 0 Å². The number of halogens is 1. The van der Waals surface area contributed by atoms with E-state index in [0.717, 1.165) is 25.1 Å². The van der Waals surface area contributed by atoms with Crippen LogP contribution in [-0.2, 0) is 24.3 Å². The van der Waals surface area contributed by atoms with Gasteiger partial charge in [0.1, 0.15) is 5.15 Å². The summed E-state index contributed by atoms with van der Waals surface area (Å²) in [4.78, 5) is 22.6. The molecule has 1 aliphatic rings. The summed E-state index contributed by atoms with van der Waals surface area (Å²) >= 11 is 5.99. The Morgan fingerprint density at radius 1 is 1.62 bits per heavy atom. The molecule has 0 saturated heterocycles. The molecule has 2 rings (SSSR count). The first-order chi connectivity index (χ1) is 7.59. The second-order valence-corrected chi connectivity index (χ2v) is 4.31. The fourth-order valence-electron chi connectivity index (χ4n) is 2.04. The maximum Gasteiger partial charge on any atom is 0.217 e. The van der Waals surface area contributed by atoms with Gasteiger partial charge in [0.2, 0.25) is 5.91 Å². The average Bonchev–Trinajstić information content (AvgIpc) is 2.65. The predicted molar refractivity (Wildman–Crippen MR) is 61.6 cm³/mol. The fourth-order valence-corrected chi connectivity index (χ4v) is 2.33. The van der Waals surface area contributed by atoms with Crippen LogP contribution in [0.3, 0.4) is 0 Å². The van der Waals surface area contributed by atoms with Gasteiger partial charge in [0.05, 0.1) is 0 Å². The first-order valence-corrected chi connectivity index (χ1v) is 5.63. The molecule has 0 aromatic carbocycles. The van der Waals surface area contributed by atoms with E-state index < -0.39 is 0 Å². The second-order valence-electron chi connectivity index (χ2n) is 3.92. The van der Waals surface area contributed by atoms with Crippen molar-refractivity contribution in [3.63, 3.8) is 0 Å². The standard InChI is InChI=1S/C11H13ClN2O2/c1-7(15)13-6-8-9-3-2-4-14(9)11(12)5-10(8)16/h5H,2-4,6H2,1H3,(H,13,15). The van der Waals surface area contributed by atoms with Crippen LogP contribution in [-0.4, -0.2) is 10.5 Å². The Bertz CT molecular complexity index is 493. The second kappa shape index (κ2) is 4.29. The van der Waals surface area contributed by atoms with Crippen LogP contribution < -0.4 is 10.7 Å². The molecule has 0 radical (unpaired) electrons. The van der Waals surface area contributed by atoms with E-state index in [1.54, 1.807) is 0 Å². The summed E-state index contributed by atoms with van der Waals surface area (Å²) in [6.07, 6.45) is 1.85. The van der Waals surface area contributed by atoms with E-state index in [-0.39, 0.29) is 11.3 Å². The molecule has 16 heavy (non-hydrogen) atoms. The molecule has 4 nitrogen and oxygen atoms in total. The van der Waals surface area contributed by atoms with Gasteiger partial charge in [-0.1, -0.05) is 11.6 Å². The van der Waals surface area contributed by atoms with Crippen molar-refractivity contribution in [3.8, 4) is 0 Å². The van der Waals surface area contributed by atoms with Crippen LogP contribution in [0.5, 0.6) is 0 Å². The molecule has 86 valence electrons. The predicted octanol–water partition coefficient (Wildman–Crippen LogP) is 1.08. The Hall–Kier alpha value is -1.29. The SMILES string of the molecule is CC(=O)NCc1c2n(c(Cl)cc1=O)CCC2. The lowest BCUT2D eigenvalue weighted by Crippen LogP contribution is -2.26. The number of rotatable bonds is 2. The number of carbonyl (C=O) groups excluding carboxylic acids is 1. The van der Waals surface area contributed by atoms with Gasteiger partial charge in [0.25, 0.3) is 0 Å². The third-order valence-electron chi connectivity index (χ3n) is 2.79. The normalized spacial score (nSPS) is 13.6. The Labute approximate surface area is 98.2 Å². The number of hydrogen-bond donors (Lipinski definition) is 1. The van der Waals surface area contributed by atoms with Crippen molar-refractivity contribution in [2.24, 2.45) is 0 Å². The van der Waals surface area contributed by atoms with Crippen LogP contribution in [0.2, 0.25) is 5.15 Å². The number of carbonyl (C=O) groups is 1. The van der Waals surface area contributed by atoms with Crippen LogP contribution in [0.25, 0.3) is 0 Å². The van der Waals surface area contributed by atoms with E-state index in [1.165, 1.54) is 13.0 Å². The van der Waals surface area contributed by atoms with Crippen molar-refractivity contribution in [2.75, 3.05) is 0 Å². The van der Waals surface area contributed by atoms with Gasteiger partial charge >= 0.3 is 0 Å². The number of fused-ring (bicyclic) bond motifs is 1. The van der Waals surface area contributed by atoms with Crippen LogP contribution in [0, 0.1) is 0 Å². The lowest BCUT2D eigenvalue weighted by molar-refractivity contribution is -0.119.